The molecule has 1 aromatic heterocycles. The molecule has 0 spiro atoms. The van der Waals surface area contributed by atoms with E-state index in [-0.39, 0.29) is 0 Å². The Labute approximate surface area is 104 Å². The molecule has 1 rings (SSSR count). The maximum Gasteiger partial charge on any atom is 0.341 e. The lowest BCUT2D eigenvalue weighted by atomic mass is 10.2. The van der Waals surface area contributed by atoms with Crippen molar-refractivity contribution in [3.63, 3.8) is 0 Å². The van der Waals surface area contributed by atoms with E-state index in [2.05, 4.69) is 9.82 Å². The smallest absolute Gasteiger partial charge is 0.341 e. The summed E-state index contributed by atoms with van der Waals surface area (Å²) < 4.78 is 0. The Morgan fingerprint density at radius 1 is 1.50 bits per heavy atom. The molecule has 0 aliphatic carbocycles. The van der Waals surface area contributed by atoms with E-state index < -0.39 is 18.6 Å². The number of carboxylic acids is 1. The van der Waals surface area contributed by atoms with Crippen LogP contribution in [0.4, 0.5) is 4.79 Å². The predicted molar refractivity (Wildman–Crippen MR) is 62.7 cm³/mol. The van der Waals surface area contributed by atoms with E-state index in [1.54, 1.807) is 13.2 Å². The van der Waals surface area contributed by atoms with Crippen molar-refractivity contribution in [2.75, 3.05) is 20.2 Å². The Hall–Kier alpha value is -2.15. The first kappa shape index (κ1) is 13.9. The van der Waals surface area contributed by atoms with Crippen LogP contribution in [0.25, 0.3) is 0 Å². The minimum absolute atomic E-state index is 0.458. The first-order chi connectivity index (χ1) is 8.59. The van der Waals surface area contributed by atoms with Crippen LogP contribution in [0, 0.1) is 0 Å². The second-order valence-corrected chi connectivity index (χ2v) is 3.58. The lowest BCUT2D eigenvalue weighted by molar-refractivity contribution is -0.144. The molecule has 0 atom stereocenters. The van der Waals surface area contributed by atoms with Gasteiger partial charge in [0.05, 0.1) is 0 Å². The summed E-state index contributed by atoms with van der Waals surface area (Å²) in [6.07, 6.45) is 2.30. The fraction of sp³-hybridized carbons (Fsp3) is 0.364. The molecular weight excluding hydrogens is 238 g/mol. The molecule has 2 N–H and O–H groups in total. The zero-order valence-electron chi connectivity index (χ0n) is 10.00. The standard InChI is InChI=1S/C11H15N3O4/c1-14(11(17)13-18-8-10(15)16)7-5-9-4-2-3-6-12-9/h2-4,6H,5,7-8H2,1H3,(H,13,17)(H,15,16). The summed E-state index contributed by atoms with van der Waals surface area (Å²) in [6, 6.07) is 5.07. The lowest BCUT2D eigenvalue weighted by Crippen LogP contribution is -2.39. The van der Waals surface area contributed by atoms with Gasteiger partial charge in [-0.25, -0.2) is 15.1 Å². The van der Waals surface area contributed by atoms with E-state index in [0.717, 1.165) is 5.69 Å². The third-order valence-electron chi connectivity index (χ3n) is 2.13. The fourth-order valence-electron chi connectivity index (χ4n) is 1.17. The van der Waals surface area contributed by atoms with Crippen LogP contribution < -0.4 is 5.48 Å². The van der Waals surface area contributed by atoms with Crippen LogP contribution in [0.1, 0.15) is 5.69 Å². The Morgan fingerprint density at radius 2 is 2.28 bits per heavy atom. The number of carboxylic acid groups (broad SMARTS) is 1. The van der Waals surface area contributed by atoms with Crippen molar-refractivity contribution in [3.8, 4) is 0 Å². The Bertz CT molecular complexity index is 397. The molecule has 98 valence electrons. The first-order valence-corrected chi connectivity index (χ1v) is 5.34. The first-order valence-electron chi connectivity index (χ1n) is 5.34. The van der Waals surface area contributed by atoms with Gasteiger partial charge < -0.3 is 10.0 Å². The minimum Gasteiger partial charge on any atom is -0.479 e. The summed E-state index contributed by atoms with van der Waals surface area (Å²) in [6.45, 7) is -0.112. The number of hydrogen-bond donors (Lipinski definition) is 2. The second-order valence-electron chi connectivity index (χ2n) is 3.58. The molecule has 1 heterocycles. The molecule has 2 amide bonds. The van der Waals surface area contributed by atoms with Crippen molar-refractivity contribution < 1.29 is 19.5 Å². The molecule has 0 aliphatic rings. The second kappa shape index (κ2) is 7.23. The number of pyridine rings is 1. The highest BCUT2D eigenvalue weighted by molar-refractivity contribution is 5.73. The van der Waals surface area contributed by atoms with Gasteiger partial charge in [-0.05, 0) is 12.1 Å². The number of aliphatic carboxylic acids is 1. The van der Waals surface area contributed by atoms with Gasteiger partial charge in [0.15, 0.2) is 6.61 Å². The minimum atomic E-state index is -1.15. The van der Waals surface area contributed by atoms with Crippen molar-refractivity contribution >= 4 is 12.0 Å². The zero-order valence-corrected chi connectivity index (χ0v) is 10.00. The summed E-state index contributed by atoms with van der Waals surface area (Å²) in [5.41, 5.74) is 2.91. The van der Waals surface area contributed by atoms with Gasteiger partial charge in [-0.2, -0.15) is 0 Å². The number of nitrogens with zero attached hydrogens (tertiary/aromatic N) is 2. The highest BCUT2D eigenvalue weighted by Gasteiger charge is 2.09. The molecule has 0 aliphatic heterocycles. The van der Waals surface area contributed by atoms with Gasteiger partial charge in [0.1, 0.15) is 0 Å². The topological polar surface area (TPSA) is 91.8 Å². The number of rotatable bonds is 6. The molecule has 0 saturated carbocycles. The van der Waals surface area contributed by atoms with Crippen LogP contribution in [0.15, 0.2) is 24.4 Å². The summed E-state index contributed by atoms with van der Waals surface area (Å²) in [5.74, 6) is -1.15. The van der Waals surface area contributed by atoms with E-state index in [9.17, 15) is 9.59 Å². The van der Waals surface area contributed by atoms with Crippen molar-refractivity contribution in [2.45, 2.75) is 6.42 Å². The van der Waals surface area contributed by atoms with Crippen LogP contribution in [0.3, 0.4) is 0 Å². The molecule has 0 radical (unpaired) electrons. The monoisotopic (exact) mass is 253 g/mol. The molecule has 0 bridgehead atoms. The SMILES string of the molecule is CN(CCc1ccccn1)C(=O)NOCC(=O)O. The van der Waals surface area contributed by atoms with Crippen LogP contribution in [0.5, 0.6) is 0 Å². The highest BCUT2D eigenvalue weighted by atomic mass is 16.7. The van der Waals surface area contributed by atoms with Crippen molar-refractivity contribution in [2.24, 2.45) is 0 Å². The number of carbonyl (C=O) groups excluding carboxylic acids is 1. The fourth-order valence-corrected chi connectivity index (χ4v) is 1.17. The molecular formula is C11H15N3O4. The average molecular weight is 253 g/mol. The molecule has 7 nitrogen and oxygen atoms in total. The van der Waals surface area contributed by atoms with Crippen LogP contribution in [0.2, 0.25) is 0 Å². The van der Waals surface area contributed by atoms with Crippen molar-refractivity contribution in [1.82, 2.24) is 15.4 Å². The molecule has 0 saturated heterocycles. The van der Waals surface area contributed by atoms with Crippen molar-refractivity contribution in [3.05, 3.63) is 30.1 Å². The lowest BCUT2D eigenvalue weighted by Gasteiger charge is -2.16. The number of urea groups is 1. The summed E-state index contributed by atoms with van der Waals surface area (Å²) in [4.78, 5) is 31.6. The maximum absolute atomic E-state index is 11.4. The van der Waals surface area contributed by atoms with Crippen molar-refractivity contribution in [1.29, 1.82) is 0 Å². The summed E-state index contributed by atoms with van der Waals surface area (Å²) in [7, 11) is 1.59. The zero-order chi connectivity index (χ0) is 13.4. The van der Waals surface area contributed by atoms with Gasteiger partial charge in [0.2, 0.25) is 0 Å². The Morgan fingerprint density at radius 3 is 2.89 bits per heavy atom. The largest absolute Gasteiger partial charge is 0.479 e. The van der Waals surface area contributed by atoms with Gasteiger partial charge in [0.25, 0.3) is 0 Å². The number of hydroxylamine groups is 1. The average Bonchev–Trinajstić information content (AvgIpc) is 2.36. The number of amides is 2. The summed E-state index contributed by atoms with van der Waals surface area (Å²) in [5, 5.41) is 8.32. The quantitative estimate of drug-likeness (QED) is 0.710. The van der Waals surface area contributed by atoms with Gasteiger partial charge >= 0.3 is 12.0 Å². The van der Waals surface area contributed by atoms with Gasteiger partial charge in [-0.15, -0.1) is 0 Å². The molecule has 18 heavy (non-hydrogen) atoms. The highest BCUT2D eigenvalue weighted by Crippen LogP contribution is 1.96. The molecule has 0 fully saturated rings. The number of nitrogens with one attached hydrogen (secondary N) is 1. The Balaban J connectivity index is 2.25. The third kappa shape index (κ3) is 5.26. The van der Waals surface area contributed by atoms with E-state index in [1.165, 1.54) is 4.90 Å². The number of hydrogen-bond acceptors (Lipinski definition) is 4. The number of likely N-dealkylation sites (N-methyl/N-ethyl adjacent to an activating group) is 1. The van der Waals surface area contributed by atoms with Crippen LogP contribution >= 0.6 is 0 Å². The third-order valence-corrected chi connectivity index (χ3v) is 2.13. The van der Waals surface area contributed by atoms with E-state index in [1.807, 2.05) is 23.7 Å². The molecule has 0 unspecified atom stereocenters. The predicted octanol–water partition coefficient (Wildman–Crippen LogP) is 0.282. The number of aromatic nitrogens is 1. The van der Waals surface area contributed by atoms with Gasteiger partial charge in [-0.1, -0.05) is 6.07 Å². The van der Waals surface area contributed by atoms with Crippen LogP contribution in [-0.4, -0.2) is 47.2 Å². The Kier molecular flexibility index (Phi) is 5.59. The maximum atomic E-state index is 11.4. The van der Waals surface area contributed by atoms with E-state index in [0.29, 0.717) is 13.0 Å². The van der Waals surface area contributed by atoms with E-state index >= 15 is 0 Å². The summed E-state index contributed by atoms with van der Waals surface area (Å²) >= 11 is 0. The van der Waals surface area contributed by atoms with Gasteiger partial charge in [0, 0.05) is 31.9 Å². The molecule has 0 aromatic carbocycles. The molecule has 1 aromatic rings. The van der Waals surface area contributed by atoms with Gasteiger partial charge in [-0.3, -0.25) is 9.82 Å². The molecule has 7 heteroatoms. The van der Waals surface area contributed by atoms with Crippen LogP contribution in [-0.2, 0) is 16.1 Å². The normalized spacial score (nSPS) is 9.83. The van der Waals surface area contributed by atoms with E-state index in [4.69, 9.17) is 5.11 Å². The number of carbonyl (C=O) groups is 2.